The molecule has 1 aromatic heterocycles. The molecule has 14 N–H and O–H groups in total. The Hall–Kier alpha value is -0.439. The molecule has 4 aromatic carbocycles. The van der Waals surface area contributed by atoms with Crippen LogP contribution in [-0.4, -0.2) is 305 Å². The molecule has 5 aromatic rings. The average molecular weight is 2810 g/mol. The van der Waals surface area contributed by atoms with E-state index < -0.39 is 122 Å². The average Bonchev–Trinajstić information content (AvgIpc) is 1.69. The van der Waals surface area contributed by atoms with Gasteiger partial charge in [0.05, 0.1) is 54.0 Å². The van der Waals surface area contributed by atoms with Crippen molar-refractivity contribution in [2.75, 3.05) is 137 Å². The Balaban J connectivity index is -0.000000366. The number of aromatic amines is 1. The van der Waals surface area contributed by atoms with Crippen molar-refractivity contribution in [1.82, 2.24) is 47.3 Å². The molecule has 9 heterocycles. The van der Waals surface area contributed by atoms with E-state index in [-0.39, 0.29) is 104 Å². The zero-order chi connectivity index (χ0) is 107. The Bertz CT molecular complexity index is 5230. The molecule has 8 aliphatic heterocycles. The molecule has 6 fully saturated rings. The third-order valence-corrected chi connectivity index (χ3v) is 27.4. The standard InChI is InChI=1S/C14H14F3NO4S.C14H17N3O2S.C12H22N2O2S.C8H4ClF3O.C8H7ClO.C6H12NO3S.C6H11NO3S.C6H13N.C5H11NO2.CH3ClO2S.CH2I2S.2CH3IS.ClH.Mg.2H4N2.H2S.V/c1-23(21,22)18-7-6-12(19)11(8-18)13(20)9-2-4-10(5-3-9)14(15,16)17;1-10-3-5-11(6-4-10)14-12-9-17(20(2,18)19)8-7-13(12)15-16-14;1-11-3-7-13(8-4-11)12-5-9-14(10-6-12)17(2,15)16;9-7(13)5-1-3-6(4-2-5)8(10,11)12;1-6-2-4-7(5-3-6)8(9)10;2*1-11(9,10)7-4-2-6(8)3-5-7;1-6-2-4-7-5-3-6;7-5(8)1-3-6-4-2-5;1-5(2,3)4;2-1(3)4;2*2-1-3;;;2*1-2;;/h2-5,11H,6-8H2,1H3;3-6H,7-9H2,1-2H3,(H,15,16);5,11H,3-4,6-10H2,1-2H3;1-4H;2-5H,1H3;6H,2-5H2,1H3;2-5H2,1H3;6-7H,2-5H2,1H3;6-8H,1-4H2;1H2,(H,3,4);1,4H;2*3H,1H2;1H;;2*1-2H2;1H2;/q;;;;;-1;;;;;;;;;+2;;;;/p-1. The number of sulfonamides is 5. The molecule has 60 heteroatoms. The third kappa shape index (κ3) is 69.9. The zero-order valence-electron chi connectivity index (χ0n) is 80.3. The van der Waals surface area contributed by atoms with E-state index in [1.165, 1.54) is 88.0 Å². The number of thiol groups is 4. The van der Waals surface area contributed by atoms with Crippen LogP contribution in [0.4, 0.5) is 26.3 Å². The van der Waals surface area contributed by atoms with Crippen molar-refractivity contribution >= 4 is 304 Å². The molecule has 13 rings (SSSR count). The minimum Gasteiger partial charge on any atom is -0.852 e. The largest absolute Gasteiger partial charge is 2.00 e. The maximum absolute atomic E-state index is 12.5. The molecular weight excluding hydrogens is 2670 g/mol. The molecule has 143 heavy (non-hydrogen) atoms. The van der Waals surface area contributed by atoms with Gasteiger partial charge in [-0.25, -0.2) is 59.2 Å². The van der Waals surface area contributed by atoms with E-state index in [0.717, 1.165) is 126 Å². The van der Waals surface area contributed by atoms with Crippen molar-refractivity contribution in [2.45, 2.75) is 143 Å². The van der Waals surface area contributed by atoms with Gasteiger partial charge in [0, 0.05) is 213 Å². The number of fused-ring (bicyclic) bond motifs is 1. The molecule has 1 radical (unpaired) electrons. The van der Waals surface area contributed by atoms with E-state index >= 15 is 0 Å². The van der Waals surface area contributed by atoms with Gasteiger partial charge in [-0.05, 0) is 142 Å². The molecule has 0 spiro atoms. The summed E-state index contributed by atoms with van der Waals surface area (Å²) in [7, 11) is -14.5. The number of alkyl halides is 10. The molecule has 8 aliphatic rings. The van der Waals surface area contributed by atoms with Gasteiger partial charge in [-0.2, -0.15) is 77.9 Å². The number of nitrogens with zero attached hydrogens (tertiary/aromatic N) is 7. The van der Waals surface area contributed by atoms with E-state index in [1.54, 1.807) is 16.4 Å². The van der Waals surface area contributed by atoms with Crippen molar-refractivity contribution in [3.63, 3.8) is 0 Å². The number of aromatic nitrogens is 2. The fourth-order valence-electron chi connectivity index (χ4n) is 12.9. The molecule has 2 unspecified atom stereocenters. The molecular formula is C83H132Cl4F6I4MgN14O20S10V. The number of hydrogen-bond donors (Lipinski definition) is 13. The quantitative estimate of drug-likeness (QED) is 0.00466. The van der Waals surface area contributed by atoms with E-state index in [4.69, 9.17) is 38.0 Å². The maximum atomic E-state index is 12.5. The van der Waals surface area contributed by atoms with Gasteiger partial charge < -0.3 is 48.9 Å². The van der Waals surface area contributed by atoms with Crippen LogP contribution in [0.2, 0.25) is 0 Å². The van der Waals surface area contributed by atoms with Crippen molar-refractivity contribution in [3.8, 4) is 11.3 Å². The Morgan fingerprint density at radius 1 is 0.566 bits per heavy atom. The van der Waals surface area contributed by atoms with Crippen LogP contribution in [0, 0.1) is 31.6 Å². The van der Waals surface area contributed by atoms with Crippen molar-refractivity contribution < 1.29 is 135 Å². The monoisotopic (exact) mass is 2800 g/mol. The number of ketones is 3. The number of piperidine rings is 6. The SMILES string of the molecule is C=S(=O)(O)Cl.CC1CCN(C2=CCN(S(C)(=O)=O)CC2)CC1.CC1CCNCC1.CS(=O)(=O)N1CCC(=O)C(C(=O)c2ccc(C(F)(F)F)cc2)C1.CS(=O)(=O)N1CCC(=O)CC1.CS(=O)(=O)N1CCC([O-])CC1.Cc1ccc(-c2n[nH]c3c2CN(S(C)(=O)=O)CC3)cc1.Cc1ccc(C(=O)Cl)cc1.Cl.NN.NN.O=C(Cl)c1ccc(C(F)(F)F)cc1.OC1(O)CCNCC1.SC(I)I.SCI.SCI.[Mg+2].[SH-].[V]. The number of H-pyrrole nitrogens is 1. The number of aliphatic hydroxyl groups is 2. The summed E-state index contributed by atoms with van der Waals surface area (Å²) in [6, 6.07) is 22.5. The van der Waals surface area contributed by atoms with Crippen molar-refractivity contribution in [3.05, 3.63) is 159 Å². The third-order valence-electron chi connectivity index (χ3n) is 20.5. The number of halogens is 14. The summed E-state index contributed by atoms with van der Waals surface area (Å²) >= 11 is 30.4. The number of benzene rings is 4. The molecule has 0 amide bonds. The summed E-state index contributed by atoms with van der Waals surface area (Å²) < 4.78 is 213. The Labute approximate surface area is 966 Å². The summed E-state index contributed by atoms with van der Waals surface area (Å²) in [6.07, 6.45) is 7.74. The van der Waals surface area contributed by atoms with Gasteiger partial charge in [-0.3, -0.25) is 52.4 Å². The number of Topliss-reactive ketones (excluding diaryl/α,β-unsaturated/α-hetero) is 3. The first-order valence-corrected chi connectivity index (χ1v) is 62.0. The number of rotatable bonds is 11. The van der Waals surface area contributed by atoms with E-state index in [1.807, 2.05) is 50.2 Å². The Morgan fingerprint density at radius 3 is 1.24 bits per heavy atom. The van der Waals surface area contributed by atoms with Crippen LogP contribution in [0.5, 0.6) is 0 Å². The molecule has 34 nitrogen and oxygen atoms in total. The fourth-order valence-corrected chi connectivity index (χ4v) is 17.3. The van der Waals surface area contributed by atoms with Crippen LogP contribution in [0.1, 0.15) is 155 Å². The summed E-state index contributed by atoms with van der Waals surface area (Å²) in [5, 5.41) is 41.1. The molecule has 0 bridgehead atoms. The van der Waals surface area contributed by atoms with Gasteiger partial charge in [0.15, 0.2) is 20.6 Å². The van der Waals surface area contributed by atoms with Crippen LogP contribution >= 0.6 is 175 Å². The second-order valence-electron chi connectivity index (χ2n) is 31.6. The number of hydrogen-bond acceptors (Lipinski definition) is 31. The van der Waals surface area contributed by atoms with Gasteiger partial charge >= 0.3 is 35.4 Å². The predicted octanol–water partition coefficient (Wildman–Crippen LogP) is 11.0. The van der Waals surface area contributed by atoms with Gasteiger partial charge in [0.2, 0.25) is 50.1 Å². The summed E-state index contributed by atoms with van der Waals surface area (Å²) in [6.45, 7) is 18.1. The zero-order valence-corrected chi connectivity index (χ0v) is 103. The minimum atomic E-state index is -4.52. The number of likely N-dealkylation sites (tertiary alicyclic amines) is 1. The van der Waals surface area contributed by atoms with Crippen LogP contribution < -0.4 is 39.1 Å². The van der Waals surface area contributed by atoms with E-state index in [0.29, 0.717) is 117 Å². The summed E-state index contributed by atoms with van der Waals surface area (Å²) in [5.41, 5.74) is 6.42. The topological polar surface area (TPSA) is 533 Å². The predicted molar refractivity (Wildman–Crippen MR) is 605 cm³/mol. The molecule has 2 atom stereocenters. The number of hydrazine groups is 2. The molecule has 0 aliphatic carbocycles. The van der Waals surface area contributed by atoms with Crippen LogP contribution in [0.3, 0.4) is 0 Å². The molecule has 6 saturated heterocycles. The number of aryl methyl sites for hydroxylation is 2. The normalized spacial score (nSPS) is 17.8. The van der Waals surface area contributed by atoms with Crippen molar-refractivity contribution in [2.24, 2.45) is 41.1 Å². The number of carbonyl (C=O) groups excluding carboxylic acids is 5. The minimum absolute atomic E-state index is 0. The second kappa shape index (κ2) is 77.8. The Kier molecular flexibility index (Phi) is 83.4. The second-order valence-corrected chi connectivity index (χ2v) is 56.7. The van der Waals surface area contributed by atoms with Gasteiger partial charge in [0.25, 0.3) is 10.5 Å². The maximum Gasteiger partial charge on any atom is 2.00 e. The Morgan fingerprint density at radius 2 is 0.902 bits per heavy atom. The van der Waals surface area contributed by atoms with E-state index in [9.17, 15) is 102 Å². The number of nitrogens with one attached hydrogen (secondary N) is 3. The van der Waals surface area contributed by atoms with Crippen LogP contribution in [0.25, 0.3) is 11.3 Å². The van der Waals surface area contributed by atoms with E-state index in [2.05, 4.69) is 214 Å². The smallest absolute Gasteiger partial charge is 0.852 e. The summed E-state index contributed by atoms with van der Waals surface area (Å²) in [5.74, 6) is 16.9. The summed E-state index contributed by atoms with van der Waals surface area (Å²) in [4.78, 5) is 58.4. The fraction of sp³-hybridized carbons (Fsp3) is 0.578. The van der Waals surface area contributed by atoms with Crippen LogP contribution in [0.15, 0.2) is 109 Å². The first kappa shape index (κ1) is 153. The first-order valence-electron chi connectivity index (χ1n) is 42.2. The first-order chi connectivity index (χ1) is 64.2. The molecule has 0 saturated carbocycles. The molecule has 819 valence electrons. The van der Waals surface area contributed by atoms with Crippen molar-refractivity contribution in [1.29, 1.82) is 0 Å². The van der Waals surface area contributed by atoms with Gasteiger partial charge in [0.1, 0.15) is 12.8 Å². The van der Waals surface area contributed by atoms with Gasteiger partial charge in [-0.1, -0.05) is 183 Å². The number of carbonyl (C=O) groups is 5. The van der Waals surface area contributed by atoms with Gasteiger partial charge in [-0.15, -0.1) is 18.5 Å². The number of nitrogens with two attached hydrogens (primary N) is 4. The van der Waals surface area contributed by atoms with Crippen LogP contribution in [-0.2, 0) is 126 Å².